The number of H-pyrrole nitrogens is 1. The molecule has 1 aromatic carbocycles. The maximum atomic E-state index is 12.7. The minimum Gasteiger partial charge on any atom is -0.385 e. The first-order valence-corrected chi connectivity index (χ1v) is 7.86. The predicted molar refractivity (Wildman–Crippen MR) is 93.6 cm³/mol. The van der Waals surface area contributed by atoms with E-state index in [0.717, 1.165) is 0 Å². The summed E-state index contributed by atoms with van der Waals surface area (Å²) in [6.07, 6.45) is 4.00. The Bertz CT molecular complexity index is 916. The second-order valence-corrected chi connectivity index (χ2v) is 5.61. The molecule has 0 atom stereocenters. The molecule has 3 rings (SSSR count). The summed E-state index contributed by atoms with van der Waals surface area (Å²) < 4.78 is 4.94. The van der Waals surface area contributed by atoms with Crippen LogP contribution < -0.4 is 5.73 Å². The van der Waals surface area contributed by atoms with Gasteiger partial charge >= 0.3 is 0 Å². The molecule has 2 aromatic heterocycles. The number of nitrogens with one attached hydrogen (secondary N) is 1. The quantitative estimate of drug-likeness (QED) is 0.505. The van der Waals surface area contributed by atoms with Crippen molar-refractivity contribution in [3.8, 4) is 0 Å². The highest BCUT2D eigenvalue weighted by atomic mass is 16.5. The number of fused-ring (bicyclic) bond motifs is 1. The Morgan fingerprint density at radius 3 is 2.60 bits per heavy atom. The van der Waals surface area contributed by atoms with Gasteiger partial charge in [0.1, 0.15) is 17.8 Å². The Hall–Kier alpha value is -3.06. The Kier molecular flexibility index (Phi) is 4.85. The van der Waals surface area contributed by atoms with E-state index in [9.17, 15) is 9.59 Å². The molecular weight excluding hydrogens is 320 g/mol. The molecule has 2 heterocycles. The Labute approximate surface area is 144 Å². The van der Waals surface area contributed by atoms with Crippen LogP contribution in [0.3, 0.4) is 0 Å². The number of anilines is 1. The summed E-state index contributed by atoms with van der Waals surface area (Å²) in [6.45, 7) is 0.548. The van der Waals surface area contributed by atoms with Gasteiger partial charge in [0.15, 0.2) is 11.6 Å². The summed E-state index contributed by atoms with van der Waals surface area (Å²) in [5.41, 5.74) is 7.83. The molecule has 0 saturated carbocycles. The lowest BCUT2D eigenvalue weighted by Crippen LogP contribution is -2.05. The van der Waals surface area contributed by atoms with Crippen molar-refractivity contribution in [1.82, 2.24) is 15.0 Å². The number of aromatic nitrogens is 3. The number of carbonyl (C=O) groups excluding carboxylic acids is 2. The average Bonchev–Trinajstić information content (AvgIpc) is 3.07. The zero-order valence-electron chi connectivity index (χ0n) is 13.8. The summed E-state index contributed by atoms with van der Waals surface area (Å²) in [5.74, 6) is 0.0754. The second kappa shape index (κ2) is 7.23. The van der Waals surface area contributed by atoms with Crippen molar-refractivity contribution in [3.05, 3.63) is 53.5 Å². The van der Waals surface area contributed by atoms with E-state index in [2.05, 4.69) is 15.0 Å². The lowest BCUT2D eigenvalue weighted by atomic mass is 10.00. The highest BCUT2D eigenvalue weighted by Crippen LogP contribution is 2.23. The van der Waals surface area contributed by atoms with Crippen LogP contribution in [0.5, 0.6) is 0 Å². The van der Waals surface area contributed by atoms with Crippen molar-refractivity contribution < 1.29 is 14.3 Å². The van der Waals surface area contributed by atoms with Crippen LogP contribution in [0.15, 0.2) is 36.8 Å². The van der Waals surface area contributed by atoms with Gasteiger partial charge in [-0.1, -0.05) is 24.3 Å². The van der Waals surface area contributed by atoms with Crippen LogP contribution >= 0.6 is 0 Å². The number of nitrogens with two attached hydrogens (primary N) is 1. The molecule has 0 radical (unpaired) electrons. The predicted octanol–water partition coefficient (Wildman–Crippen LogP) is 2.38. The van der Waals surface area contributed by atoms with E-state index >= 15 is 0 Å². The summed E-state index contributed by atoms with van der Waals surface area (Å²) in [7, 11) is 1.60. The zero-order chi connectivity index (χ0) is 17.8. The van der Waals surface area contributed by atoms with Crippen molar-refractivity contribution in [2.24, 2.45) is 0 Å². The summed E-state index contributed by atoms with van der Waals surface area (Å²) in [5, 5.41) is 0.507. The molecule has 128 valence electrons. The number of benzene rings is 1. The second-order valence-electron chi connectivity index (χ2n) is 5.61. The van der Waals surface area contributed by atoms with Crippen molar-refractivity contribution in [2.75, 3.05) is 19.5 Å². The molecule has 0 aliphatic rings. The number of nitrogen functional groups attached to an aromatic ring is 1. The number of ketones is 2. The number of aromatic amines is 1. The molecule has 0 fully saturated rings. The first-order valence-electron chi connectivity index (χ1n) is 7.86. The van der Waals surface area contributed by atoms with Gasteiger partial charge < -0.3 is 15.5 Å². The Balaban J connectivity index is 1.82. The van der Waals surface area contributed by atoms with E-state index in [0.29, 0.717) is 47.2 Å². The first-order chi connectivity index (χ1) is 12.1. The molecule has 3 aromatic rings. The third kappa shape index (κ3) is 3.41. The molecule has 0 spiro atoms. The van der Waals surface area contributed by atoms with Gasteiger partial charge in [-0.2, -0.15) is 0 Å². The molecule has 0 aliphatic heterocycles. The van der Waals surface area contributed by atoms with E-state index < -0.39 is 0 Å². The normalized spacial score (nSPS) is 10.9. The Morgan fingerprint density at radius 1 is 1.16 bits per heavy atom. The van der Waals surface area contributed by atoms with Crippen LogP contribution in [0.2, 0.25) is 0 Å². The number of rotatable bonds is 7. The van der Waals surface area contributed by atoms with Crippen LogP contribution in [0.4, 0.5) is 5.82 Å². The lowest BCUT2D eigenvalue weighted by molar-refractivity contribution is 0.0962. The van der Waals surface area contributed by atoms with Crippen LogP contribution in [-0.2, 0) is 4.74 Å². The molecule has 0 aliphatic carbocycles. The van der Waals surface area contributed by atoms with Crippen LogP contribution in [0, 0.1) is 0 Å². The van der Waals surface area contributed by atoms with Gasteiger partial charge in [0.25, 0.3) is 0 Å². The lowest BCUT2D eigenvalue weighted by Gasteiger charge is -2.04. The van der Waals surface area contributed by atoms with Gasteiger partial charge in [-0.3, -0.25) is 9.59 Å². The number of nitrogens with zero attached hydrogens (tertiary/aromatic N) is 2. The van der Waals surface area contributed by atoms with Crippen molar-refractivity contribution in [2.45, 2.75) is 12.8 Å². The monoisotopic (exact) mass is 338 g/mol. The number of carbonyl (C=O) groups is 2. The van der Waals surface area contributed by atoms with Gasteiger partial charge in [-0.25, -0.2) is 9.97 Å². The van der Waals surface area contributed by atoms with E-state index in [1.165, 1.54) is 6.33 Å². The number of hydrogen-bond acceptors (Lipinski definition) is 6. The molecule has 3 N–H and O–H groups in total. The number of methoxy groups -OCH3 is 1. The van der Waals surface area contributed by atoms with Crippen molar-refractivity contribution >= 4 is 28.4 Å². The minimum atomic E-state index is -0.203. The topological polar surface area (TPSA) is 111 Å². The SMILES string of the molecule is COCCCC(=O)c1ccc(C(=O)c2c[nH]c3ncnc(N)c23)cc1. The number of ether oxygens (including phenoxy) is 1. The summed E-state index contributed by atoms with van der Waals surface area (Å²) in [4.78, 5) is 35.7. The summed E-state index contributed by atoms with van der Waals surface area (Å²) >= 11 is 0. The highest BCUT2D eigenvalue weighted by Gasteiger charge is 2.17. The molecule has 25 heavy (non-hydrogen) atoms. The van der Waals surface area contributed by atoms with E-state index in [4.69, 9.17) is 10.5 Å². The zero-order valence-corrected chi connectivity index (χ0v) is 13.8. The van der Waals surface area contributed by atoms with Gasteiger partial charge in [0.2, 0.25) is 0 Å². The third-order valence-electron chi connectivity index (χ3n) is 3.97. The fourth-order valence-corrected chi connectivity index (χ4v) is 2.65. The standard InChI is InChI=1S/C18H18N4O3/c1-25-8-2-3-14(23)11-4-6-12(7-5-11)16(24)13-9-20-18-15(13)17(19)21-10-22-18/h4-7,9-10H,2-3,8H2,1H3,(H3,19,20,21,22). The van der Waals surface area contributed by atoms with Crippen LogP contribution in [-0.4, -0.2) is 40.2 Å². The highest BCUT2D eigenvalue weighted by molar-refractivity contribution is 6.18. The van der Waals surface area contributed by atoms with E-state index in [-0.39, 0.29) is 17.4 Å². The van der Waals surface area contributed by atoms with Crippen LogP contribution in [0.25, 0.3) is 11.0 Å². The molecule has 0 bridgehead atoms. The number of hydrogen-bond donors (Lipinski definition) is 2. The molecule has 7 heteroatoms. The van der Waals surface area contributed by atoms with Crippen molar-refractivity contribution in [1.29, 1.82) is 0 Å². The molecule has 0 unspecified atom stereocenters. The third-order valence-corrected chi connectivity index (χ3v) is 3.97. The first kappa shape index (κ1) is 16.8. The fourth-order valence-electron chi connectivity index (χ4n) is 2.65. The maximum Gasteiger partial charge on any atom is 0.195 e. The molecular formula is C18H18N4O3. The van der Waals surface area contributed by atoms with Gasteiger partial charge in [0, 0.05) is 37.5 Å². The van der Waals surface area contributed by atoms with E-state index in [1.807, 2.05) is 0 Å². The molecule has 7 nitrogen and oxygen atoms in total. The molecule has 0 amide bonds. The Morgan fingerprint density at radius 2 is 1.88 bits per heavy atom. The minimum absolute atomic E-state index is 0.0285. The number of Topliss-reactive ketones (excluding diaryl/α,β-unsaturated/α-hetero) is 1. The fraction of sp³-hybridized carbons (Fsp3) is 0.222. The average molecular weight is 338 g/mol. The van der Waals surface area contributed by atoms with E-state index in [1.54, 1.807) is 37.6 Å². The summed E-state index contributed by atoms with van der Waals surface area (Å²) in [6, 6.07) is 6.61. The maximum absolute atomic E-state index is 12.7. The smallest absolute Gasteiger partial charge is 0.195 e. The van der Waals surface area contributed by atoms with Crippen LogP contribution in [0.1, 0.15) is 39.1 Å². The van der Waals surface area contributed by atoms with Gasteiger partial charge in [-0.05, 0) is 6.42 Å². The van der Waals surface area contributed by atoms with Gasteiger partial charge in [0.05, 0.1) is 10.9 Å². The molecule has 0 saturated heterocycles. The largest absolute Gasteiger partial charge is 0.385 e. The van der Waals surface area contributed by atoms with Crippen molar-refractivity contribution in [3.63, 3.8) is 0 Å². The van der Waals surface area contributed by atoms with Gasteiger partial charge in [-0.15, -0.1) is 0 Å².